The highest BCUT2D eigenvalue weighted by Crippen LogP contribution is 2.25. The van der Waals surface area contributed by atoms with E-state index >= 15 is 0 Å². The van der Waals surface area contributed by atoms with Gasteiger partial charge in [0.2, 0.25) is 5.13 Å². The molecule has 0 atom stereocenters. The third-order valence-electron chi connectivity index (χ3n) is 4.25. The molecular formula is C21H24N4S. The number of aromatic nitrogens is 1. The van der Waals surface area contributed by atoms with Crippen LogP contribution in [0, 0.1) is 6.92 Å². The van der Waals surface area contributed by atoms with Crippen molar-refractivity contribution in [3.63, 3.8) is 0 Å². The molecule has 0 aliphatic rings. The van der Waals surface area contributed by atoms with E-state index in [0.29, 0.717) is 0 Å². The molecule has 0 spiro atoms. The van der Waals surface area contributed by atoms with Crippen molar-refractivity contribution < 1.29 is 0 Å². The summed E-state index contributed by atoms with van der Waals surface area (Å²) in [5.41, 5.74) is 8.66. The zero-order valence-corrected chi connectivity index (χ0v) is 16.3. The quantitative estimate of drug-likeness (QED) is 0.450. The van der Waals surface area contributed by atoms with Crippen molar-refractivity contribution in [2.45, 2.75) is 20.8 Å². The van der Waals surface area contributed by atoms with Crippen molar-refractivity contribution in [1.29, 1.82) is 0 Å². The molecule has 0 saturated heterocycles. The zero-order valence-electron chi connectivity index (χ0n) is 15.4. The molecule has 0 unspecified atom stereocenters. The second kappa shape index (κ2) is 8.63. The third-order valence-corrected chi connectivity index (χ3v) is 4.99. The van der Waals surface area contributed by atoms with Gasteiger partial charge in [0, 0.05) is 29.7 Å². The second-order valence-corrected chi connectivity index (χ2v) is 6.90. The summed E-state index contributed by atoms with van der Waals surface area (Å²) < 4.78 is 0. The van der Waals surface area contributed by atoms with E-state index in [1.165, 1.54) is 11.3 Å². The van der Waals surface area contributed by atoms with Gasteiger partial charge in [-0.05, 0) is 38.5 Å². The maximum absolute atomic E-state index is 4.59. The maximum Gasteiger partial charge on any atom is 0.203 e. The van der Waals surface area contributed by atoms with E-state index < -0.39 is 0 Å². The Morgan fingerprint density at radius 1 is 1.04 bits per heavy atom. The number of nitrogens with zero attached hydrogens (tertiary/aromatic N) is 3. The van der Waals surface area contributed by atoms with Crippen LogP contribution >= 0.6 is 11.3 Å². The van der Waals surface area contributed by atoms with Gasteiger partial charge in [0.1, 0.15) is 0 Å². The molecule has 2 aromatic carbocycles. The predicted molar refractivity (Wildman–Crippen MR) is 114 cm³/mol. The Morgan fingerprint density at radius 3 is 2.38 bits per heavy atom. The molecule has 0 bridgehead atoms. The van der Waals surface area contributed by atoms with Crippen LogP contribution in [0.2, 0.25) is 0 Å². The van der Waals surface area contributed by atoms with Crippen LogP contribution in [-0.4, -0.2) is 24.3 Å². The number of anilines is 2. The molecule has 1 aromatic heterocycles. The first-order valence-electron chi connectivity index (χ1n) is 8.86. The lowest BCUT2D eigenvalue weighted by atomic mass is 10.1. The fourth-order valence-corrected chi connectivity index (χ4v) is 3.37. The first kappa shape index (κ1) is 18.1. The lowest BCUT2D eigenvalue weighted by Crippen LogP contribution is -2.21. The molecule has 26 heavy (non-hydrogen) atoms. The van der Waals surface area contributed by atoms with Gasteiger partial charge < -0.3 is 4.90 Å². The minimum absolute atomic E-state index is 0.789. The lowest BCUT2D eigenvalue weighted by Gasteiger charge is -2.20. The van der Waals surface area contributed by atoms with Crippen LogP contribution in [0.15, 0.2) is 59.0 Å². The van der Waals surface area contributed by atoms with Crippen molar-refractivity contribution in [1.82, 2.24) is 4.98 Å². The Morgan fingerprint density at radius 2 is 1.73 bits per heavy atom. The van der Waals surface area contributed by atoms with Crippen molar-refractivity contribution >= 4 is 28.4 Å². The fraction of sp³-hybridized carbons (Fsp3) is 0.238. The monoisotopic (exact) mass is 364 g/mol. The van der Waals surface area contributed by atoms with E-state index in [1.54, 1.807) is 11.3 Å². The van der Waals surface area contributed by atoms with Crippen LogP contribution in [-0.2, 0) is 0 Å². The first-order valence-corrected chi connectivity index (χ1v) is 9.74. The van der Waals surface area contributed by atoms with Gasteiger partial charge in [0.15, 0.2) is 0 Å². The molecule has 0 fully saturated rings. The summed E-state index contributed by atoms with van der Waals surface area (Å²) in [5, 5.41) is 7.14. The molecule has 134 valence electrons. The van der Waals surface area contributed by atoms with Crippen LogP contribution in [0.5, 0.6) is 0 Å². The predicted octanol–water partition coefficient (Wildman–Crippen LogP) is 5.41. The number of benzene rings is 2. The number of hydrogen-bond donors (Lipinski definition) is 1. The largest absolute Gasteiger partial charge is 0.372 e. The topological polar surface area (TPSA) is 40.5 Å². The van der Waals surface area contributed by atoms with Crippen molar-refractivity contribution in [2.24, 2.45) is 5.10 Å². The molecule has 5 heteroatoms. The minimum Gasteiger partial charge on any atom is -0.372 e. The highest BCUT2D eigenvalue weighted by Gasteiger charge is 2.04. The van der Waals surface area contributed by atoms with Crippen molar-refractivity contribution in [3.8, 4) is 11.3 Å². The summed E-state index contributed by atoms with van der Waals surface area (Å²) in [6.07, 6.45) is 1.82. The molecule has 3 rings (SSSR count). The average molecular weight is 365 g/mol. The first-order chi connectivity index (χ1) is 12.7. The molecular weight excluding hydrogens is 340 g/mol. The third kappa shape index (κ3) is 4.49. The summed E-state index contributed by atoms with van der Waals surface area (Å²) in [4.78, 5) is 6.91. The highest BCUT2D eigenvalue weighted by molar-refractivity contribution is 7.14. The summed E-state index contributed by atoms with van der Waals surface area (Å²) >= 11 is 1.55. The van der Waals surface area contributed by atoms with Gasteiger partial charge in [-0.2, -0.15) is 5.10 Å². The Labute approximate surface area is 159 Å². The summed E-state index contributed by atoms with van der Waals surface area (Å²) in [5.74, 6) is 0. The van der Waals surface area contributed by atoms with Gasteiger partial charge in [-0.15, -0.1) is 11.3 Å². The van der Waals surface area contributed by atoms with Crippen LogP contribution in [0.25, 0.3) is 11.3 Å². The van der Waals surface area contributed by atoms with Gasteiger partial charge >= 0.3 is 0 Å². The molecule has 1 heterocycles. The second-order valence-electron chi connectivity index (χ2n) is 6.04. The number of nitrogens with one attached hydrogen (secondary N) is 1. The van der Waals surface area contributed by atoms with Crippen LogP contribution < -0.4 is 10.3 Å². The molecule has 0 saturated carbocycles. The molecule has 0 radical (unpaired) electrons. The van der Waals surface area contributed by atoms with E-state index in [9.17, 15) is 0 Å². The number of rotatable bonds is 7. The van der Waals surface area contributed by atoms with Gasteiger partial charge in [-0.1, -0.05) is 42.0 Å². The van der Waals surface area contributed by atoms with E-state index in [0.717, 1.165) is 35.0 Å². The molecule has 3 aromatic rings. The standard InChI is InChI=1S/C21H24N4S/c1-4-25(5-2)19-12-8-17(9-13-19)14-22-24-21-23-20(15-26-21)18-10-6-16(3)7-11-18/h6-15H,4-5H2,1-3H3,(H,23,24)/b22-14+. The smallest absolute Gasteiger partial charge is 0.203 e. The van der Waals surface area contributed by atoms with Gasteiger partial charge in [0.05, 0.1) is 11.9 Å². The van der Waals surface area contributed by atoms with Crippen molar-refractivity contribution in [2.75, 3.05) is 23.4 Å². The Bertz CT molecular complexity index is 846. The van der Waals surface area contributed by atoms with Crippen molar-refractivity contribution in [3.05, 3.63) is 65.0 Å². The van der Waals surface area contributed by atoms with E-state index in [1.807, 2.05) is 11.6 Å². The van der Waals surface area contributed by atoms with E-state index in [2.05, 4.69) is 89.7 Å². The number of thiazole rings is 1. The maximum atomic E-state index is 4.59. The number of aryl methyl sites for hydroxylation is 1. The molecule has 4 nitrogen and oxygen atoms in total. The minimum atomic E-state index is 0.789. The summed E-state index contributed by atoms with van der Waals surface area (Å²) in [6, 6.07) is 16.8. The Balaban J connectivity index is 1.61. The van der Waals surface area contributed by atoms with E-state index in [-0.39, 0.29) is 0 Å². The molecule has 0 aliphatic heterocycles. The highest BCUT2D eigenvalue weighted by atomic mass is 32.1. The molecule has 0 amide bonds. The Kier molecular flexibility index (Phi) is 6.02. The van der Waals surface area contributed by atoms with Gasteiger partial charge in [-0.25, -0.2) is 4.98 Å². The van der Waals surface area contributed by atoms with Crippen LogP contribution in [0.4, 0.5) is 10.8 Å². The van der Waals surface area contributed by atoms with Gasteiger partial charge in [-0.3, -0.25) is 5.43 Å². The van der Waals surface area contributed by atoms with E-state index in [4.69, 9.17) is 0 Å². The number of hydrazone groups is 1. The lowest BCUT2D eigenvalue weighted by molar-refractivity contribution is 0.866. The Hall–Kier alpha value is -2.66. The van der Waals surface area contributed by atoms with Crippen LogP contribution in [0.3, 0.4) is 0 Å². The average Bonchev–Trinajstić information content (AvgIpc) is 3.13. The summed E-state index contributed by atoms with van der Waals surface area (Å²) in [6.45, 7) is 8.45. The SMILES string of the molecule is CCN(CC)c1ccc(/C=N/Nc2nc(-c3ccc(C)cc3)cs2)cc1. The zero-order chi connectivity index (χ0) is 18.4. The fourth-order valence-electron chi connectivity index (χ4n) is 2.70. The number of hydrogen-bond acceptors (Lipinski definition) is 5. The van der Waals surface area contributed by atoms with Crippen LogP contribution in [0.1, 0.15) is 25.0 Å². The molecule has 0 aliphatic carbocycles. The van der Waals surface area contributed by atoms with Gasteiger partial charge in [0.25, 0.3) is 0 Å². The summed E-state index contributed by atoms with van der Waals surface area (Å²) in [7, 11) is 0. The normalized spacial score (nSPS) is 11.0. The molecule has 1 N–H and O–H groups in total.